The van der Waals surface area contributed by atoms with Crippen LogP contribution >= 0.6 is 35.4 Å². The number of hydrogen-bond donors (Lipinski definition) is 1. The lowest BCUT2D eigenvalue weighted by atomic mass is 9.75. The van der Waals surface area contributed by atoms with Crippen LogP contribution in [0.25, 0.3) is 0 Å². The standard InChI is InChI=1S/C26H33Cl2N3O2S/c1-15(2)20-11-5-16(3)13-21(20)33-25(32)31-23(17-6-9-19(27)10-7-17)26(4,30-24(31)34)18-8-12-22(28)29-14-18/h6,8-10,12,14-17,20-21,23H,5,7,11,13H2,1-4H3,(H,30,34)/t16-,17?,20?,21-,23+,26-/m1/s1. The summed E-state index contributed by atoms with van der Waals surface area (Å²) in [7, 11) is 0. The number of rotatable bonds is 4. The van der Waals surface area contributed by atoms with Crippen LogP contribution in [0.4, 0.5) is 4.79 Å². The Morgan fingerprint density at radius 3 is 2.71 bits per heavy atom. The minimum absolute atomic E-state index is 0.00477. The van der Waals surface area contributed by atoms with Crippen LogP contribution in [0.1, 0.15) is 58.9 Å². The molecule has 2 unspecified atom stereocenters. The molecule has 1 aromatic rings. The number of amides is 1. The van der Waals surface area contributed by atoms with E-state index in [9.17, 15) is 4.79 Å². The van der Waals surface area contributed by atoms with E-state index in [2.05, 4.69) is 44.1 Å². The van der Waals surface area contributed by atoms with E-state index >= 15 is 0 Å². The van der Waals surface area contributed by atoms with Gasteiger partial charge in [0.05, 0.1) is 11.6 Å². The fraction of sp³-hybridized carbons (Fsp3) is 0.577. The van der Waals surface area contributed by atoms with Gasteiger partial charge < -0.3 is 10.1 Å². The maximum Gasteiger partial charge on any atom is 0.416 e. The zero-order valence-electron chi connectivity index (χ0n) is 20.1. The van der Waals surface area contributed by atoms with Gasteiger partial charge in [-0.25, -0.2) is 14.7 Å². The van der Waals surface area contributed by atoms with Crippen LogP contribution < -0.4 is 5.32 Å². The summed E-state index contributed by atoms with van der Waals surface area (Å²) in [5, 5.41) is 4.90. The van der Waals surface area contributed by atoms with Crippen molar-refractivity contribution in [3.63, 3.8) is 0 Å². The predicted octanol–water partition coefficient (Wildman–Crippen LogP) is 6.81. The number of ether oxygens (including phenoxy) is 1. The maximum absolute atomic E-state index is 13.8. The molecule has 184 valence electrons. The number of nitrogens with zero attached hydrogens (tertiary/aromatic N) is 2. The van der Waals surface area contributed by atoms with Gasteiger partial charge in [-0.05, 0) is 73.9 Å². The Morgan fingerprint density at radius 1 is 1.32 bits per heavy atom. The van der Waals surface area contributed by atoms with Gasteiger partial charge in [-0.3, -0.25) is 0 Å². The first-order valence-corrected chi connectivity index (χ1v) is 13.2. The Balaban J connectivity index is 1.67. The second kappa shape index (κ2) is 10.2. The van der Waals surface area contributed by atoms with Crippen molar-refractivity contribution in [2.45, 2.75) is 71.1 Å². The number of carbonyl (C=O) groups excluding carboxylic acids is 1. The third kappa shape index (κ3) is 5.00. The van der Waals surface area contributed by atoms with E-state index in [-0.39, 0.29) is 24.2 Å². The average molecular weight is 523 g/mol. The van der Waals surface area contributed by atoms with Crippen molar-refractivity contribution in [2.24, 2.45) is 23.7 Å². The summed E-state index contributed by atoms with van der Waals surface area (Å²) >= 11 is 18.0. The van der Waals surface area contributed by atoms with Crippen molar-refractivity contribution in [1.82, 2.24) is 15.2 Å². The molecule has 1 saturated heterocycles. The fourth-order valence-electron chi connectivity index (χ4n) is 5.76. The molecule has 1 saturated carbocycles. The molecule has 0 radical (unpaired) electrons. The molecule has 0 bridgehead atoms. The molecule has 8 heteroatoms. The second-order valence-electron chi connectivity index (χ2n) is 10.4. The molecule has 2 aliphatic carbocycles. The summed E-state index contributed by atoms with van der Waals surface area (Å²) in [6, 6.07) is 3.38. The highest BCUT2D eigenvalue weighted by Gasteiger charge is 2.54. The quantitative estimate of drug-likeness (QED) is 0.348. The Labute approximate surface area is 217 Å². The zero-order valence-corrected chi connectivity index (χ0v) is 22.5. The predicted molar refractivity (Wildman–Crippen MR) is 141 cm³/mol. The third-order valence-electron chi connectivity index (χ3n) is 7.69. The van der Waals surface area contributed by atoms with E-state index in [1.807, 2.05) is 18.2 Å². The number of carbonyl (C=O) groups is 1. The van der Waals surface area contributed by atoms with Gasteiger partial charge in [0.25, 0.3) is 0 Å². The molecule has 1 aliphatic heterocycles. The molecule has 34 heavy (non-hydrogen) atoms. The smallest absolute Gasteiger partial charge is 0.416 e. The molecule has 0 spiro atoms. The minimum atomic E-state index is -0.669. The van der Waals surface area contributed by atoms with Gasteiger partial charge >= 0.3 is 6.09 Å². The lowest BCUT2D eigenvalue weighted by Gasteiger charge is -2.40. The van der Waals surface area contributed by atoms with E-state index in [0.717, 1.165) is 18.4 Å². The fourth-order valence-corrected chi connectivity index (χ4v) is 6.44. The van der Waals surface area contributed by atoms with Crippen LogP contribution in [0.2, 0.25) is 5.15 Å². The Bertz CT molecular complexity index is 996. The molecule has 2 fully saturated rings. The van der Waals surface area contributed by atoms with Crippen molar-refractivity contribution < 1.29 is 9.53 Å². The van der Waals surface area contributed by atoms with E-state index in [1.54, 1.807) is 17.2 Å². The maximum atomic E-state index is 13.8. The van der Waals surface area contributed by atoms with Gasteiger partial charge in [-0.15, -0.1) is 0 Å². The number of nitrogens with one attached hydrogen (secondary N) is 1. The largest absolute Gasteiger partial charge is 0.445 e. The lowest BCUT2D eigenvalue weighted by molar-refractivity contribution is -0.00870. The molecule has 6 atom stereocenters. The average Bonchev–Trinajstić information content (AvgIpc) is 3.05. The van der Waals surface area contributed by atoms with Gasteiger partial charge in [0, 0.05) is 17.1 Å². The summed E-state index contributed by atoms with van der Waals surface area (Å²) in [4.78, 5) is 19.7. The molecule has 1 N–H and O–H groups in total. The zero-order chi connectivity index (χ0) is 24.6. The van der Waals surface area contributed by atoms with Crippen LogP contribution in [0.15, 0.2) is 41.6 Å². The third-order valence-corrected chi connectivity index (χ3v) is 8.49. The summed E-state index contributed by atoms with van der Waals surface area (Å²) in [6.07, 6.45) is 11.0. The van der Waals surface area contributed by atoms with E-state index in [1.165, 1.54) is 6.42 Å². The number of thiocarbonyl (C=S) groups is 1. The highest BCUT2D eigenvalue weighted by Crippen LogP contribution is 2.42. The topological polar surface area (TPSA) is 54.5 Å². The van der Waals surface area contributed by atoms with Crippen LogP contribution in [-0.4, -0.2) is 33.2 Å². The SMILES string of the molecule is CC(C)C1CC[C@@H](C)C[C@H]1OC(=O)N1C(=S)N[C@](C)(c2ccc(Cl)nc2)[C@@H]1C1C=CC(Cl)=CC1. The van der Waals surface area contributed by atoms with Crippen molar-refractivity contribution in [1.29, 1.82) is 0 Å². The molecular weight excluding hydrogens is 489 g/mol. The van der Waals surface area contributed by atoms with Gasteiger partial charge in [-0.1, -0.05) is 68.6 Å². The Kier molecular flexibility index (Phi) is 7.61. The summed E-state index contributed by atoms with van der Waals surface area (Å²) in [5.41, 5.74) is 0.234. The van der Waals surface area contributed by atoms with Crippen LogP contribution in [0.5, 0.6) is 0 Å². The molecule has 5 nitrogen and oxygen atoms in total. The first-order valence-electron chi connectivity index (χ1n) is 12.1. The highest BCUT2D eigenvalue weighted by atomic mass is 35.5. The van der Waals surface area contributed by atoms with E-state index in [0.29, 0.717) is 39.5 Å². The van der Waals surface area contributed by atoms with Gasteiger partial charge in [-0.2, -0.15) is 0 Å². The first kappa shape index (κ1) is 25.5. The number of pyridine rings is 1. The highest BCUT2D eigenvalue weighted by molar-refractivity contribution is 7.80. The van der Waals surface area contributed by atoms with Crippen molar-refractivity contribution >= 4 is 46.6 Å². The van der Waals surface area contributed by atoms with E-state index < -0.39 is 5.54 Å². The summed E-state index contributed by atoms with van der Waals surface area (Å²) in [5.74, 6) is 1.33. The monoisotopic (exact) mass is 521 g/mol. The number of hydrogen-bond acceptors (Lipinski definition) is 4. The van der Waals surface area contributed by atoms with E-state index in [4.69, 9.17) is 40.2 Å². The molecule has 0 aromatic carbocycles. The molecule has 2 heterocycles. The first-order chi connectivity index (χ1) is 16.1. The minimum Gasteiger partial charge on any atom is -0.445 e. The van der Waals surface area contributed by atoms with Crippen molar-refractivity contribution in [3.05, 3.63) is 52.3 Å². The van der Waals surface area contributed by atoms with Crippen molar-refractivity contribution in [2.75, 3.05) is 0 Å². The Hall–Kier alpha value is -1.63. The van der Waals surface area contributed by atoms with Crippen molar-refractivity contribution in [3.8, 4) is 0 Å². The normalized spacial score (nSPS) is 33.6. The number of allylic oxidation sites excluding steroid dienone is 3. The van der Waals surface area contributed by atoms with Crippen LogP contribution in [0.3, 0.4) is 0 Å². The molecule has 4 rings (SSSR count). The second-order valence-corrected chi connectivity index (χ2v) is 11.6. The molecular formula is C26H33Cl2N3O2S. The molecule has 1 aromatic heterocycles. The van der Waals surface area contributed by atoms with Gasteiger partial charge in [0.2, 0.25) is 0 Å². The lowest BCUT2D eigenvalue weighted by Crippen LogP contribution is -2.51. The van der Waals surface area contributed by atoms with Crippen LogP contribution in [-0.2, 0) is 10.3 Å². The Morgan fingerprint density at radius 2 is 2.09 bits per heavy atom. The molecule has 3 aliphatic rings. The summed E-state index contributed by atoms with van der Waals surface area (Å²) in [6.45, 7) is 8.70. The number of aromatic nitrogens is 1. The summed E-state index contributed by atoms with van der Waals surface area (Å²) < 4.78 is 6.24. The van der Waals surface area contributed by atoms with Crippen LogP contribution in [0, 0.1) is 23.7 Å². The number of halogens is 2. The van der Waals surface area contributed by atoms with Gasteiger partial charge in [0.1, 0.15) is 11.3 Å². The molecule has 1 amide bonds. The van der Waals surface area contributed by atoms with Gasteiger partial charge in [0.15, 0.2) is 5.11 Å².